The van der Waals surface area contributed by atoms with Gasteiger partial charge in [-0.05, 0) is 41.8 Å². The van der Waals surface area contributed by atoms with Gasteiger partial charge in [-0.1, -0.05) is 54.1 Å². The third kappa shape index (κ3) is 4.64. The van der Waals surface area contributed by atoms with Crippen molar-refractivity contribution in [2.24, 2.45) is 0 Å². The van der Waals surface area contributed by atoms with E-state index >= 15 is 0 Å². The molecule has 5 aromatic rings. The summed E-state index contributed by atoms with van der Waals surface area (Å²) in [5.41, 5.74) is 2.05. The molecule has 0 saturated heterocycles. The molecule has 1 amide bonds. The van der Waals surface area contributed by atoms with Crippen LogP contribution in [-0.4, -0.2) is 34.5 Å². The molecule has 0 spiro atoms. The number of amides is 1. The highest BCUT2D eigenvalue weighted by Gasteiger charge is 2.19. The van der Waals surface area contributed by atoms with E-state index in [1.165, 1.54) is 29.5 Å². The van der Waals surface area contributed by atoms with Crippen molar-refractivity contribution in [2.45, 2.75) is 0 Å². The number of esters is 1. The molecule has 178 valence electrons. The highest BCUT2D eigenvalue weighted by atomic mass is 35.5. The molecule has 9 heteroatoms. The van der Waals surface area contributed by atoms with Crippen molar-refractivity contribution in [3.8, 4) is 10.6 Å². The Hall–Kier alpha value is -4.27. The van der Waals surface area contributed by atoms with Crippen molar-refractivity contribution in [3.05, 3.63) is 95.0 Å². The Morgan fingerprint density at radius 2 is 1.75 bits per heavy atom. The van der Waals surface area contributed by atoms with Gasteiger partial charge in [0, 0.05) is 10.9 Å². The molecule has 0 unspecified atom stereocenters. The van der Waals surface area contributed by atoms with Crippen LogP contribution in [0.25, 0.3) is 31.6 Å². The van der Waals surface area contributed by atoms with Crippen LogP contribution in [-0.2, 0) is 9.53 Å². The average molecular weight is 517 g/mol. The van der Waals surface area contributed by atoms with Gasteiger partial charge in [0.05, 0.1) is 32.1 Å². The number of thiazole rings is 1. The van der Waals surface area contributed by atoms with Gasteiger partial charge in [-0.3, -0.25) is 4.79 Å². The SMILES string of the molecule is O=C(COC(=O)c1cccc2cccc(-c3nc4ccccc4s3)c12)Nc1cc(C(=O)O)ccc1Cl. The Bertz CT molecular complexity index is 1620. The van der Waals surface area contributed by atoms with Gasteiger partial charge in [0.1, 0.15) is 5.01 Å². The molecular weight excluding hydrogens is 500 g/mol. The lowest BCUT2D eigenvalue weighted by Crippen LogP contribution is -2.21. The maximum Gasteiger partial charge on any atom is 0.339 e. The first-order valence-electron chi connectivity index (χ1n) is 10.8. The summed E-state index contributed by atoms with van der Waals surface area (Å²) >= 11 is 7.58. The first-order chi connectivity index (χ1) is 17.4. The number of fused-ring (bicyclic) bond motifs is 2. The fraction of sp³-hybridized carbons (Fsp3) is 0.0370. The van der Waals surface area contributed by atoms with Gasteiger partial charge in [0.25, 0.3) is 5.91 Å². The molecular formula is C27H17ClN2O5S. The van der Waals surface area contributed by atoms with Crippen LogP contribution in [0.2, 0.25) is 5.02 Å². The normalized spacial score (nSPS) is 10.9. The number of anilines is 1. The van der Waals surface area contributed by atoms with Crippen molar-refractivity contribution in [1.29, 1.82) is 0 Å². The largest absolute Gasteiger partial charge is 0.478 e. The number of nitrogens with one attached hydrogen (secondary N) is 1. The maximum absolute atomic E-state index is 13.1. The van der Waals surface area contributed by atoms with Crippen LogP contribution in [0.5, 0.6) is 0 Å². The van der Waals surface area contributed by atoms with E-state index in [2.05, 4.69) is 5.32 Å². The monoisotopic (exact) mass is 516 g/mol. The van der Waals surface area contributed by atoms with E-state index in [4.69, 9.17) is 26.4 Å². The van der Waals surface area contributed by atoms with Crippen molar-refractivity contribution >= 4 is 67.5 Å². The van der Waals surface area contributed by atoms with Crippen LogP contribution in [0, 0.1) is 0 Å². The van der Waals surface area contributed by atoms with Gasteiger partial charge in [0.2, 0.25) is 0 Å². The van der Waals surface area contributed by atoms with Crippen molar-refractivity contribution in [2.75, 3.05) is 11.9 Å². The van der Waals surface area contributed by atoms with Gasteiger partial charge < -0.3 is 15.2 Å². The van der Waals surface area contributed by atoms with Crippen molar-refractivity contribution in [1.82, 2.24) is 4.98 Å². The molecule has 0 aliphatic heterocycles. The number of aromatic nitrogens is 1. The first kappa shape index (κ1) is 23.5. The molecule has 0 fully saturated rings. The Labute approximate surface area is 213 Å². The van der Waals surface area contributed by atoms with Crippen molar-refractivity contribution < 1.29 is 24.2 Å². The van der Waals surface area contributed by atoms with Crippen LogP contribution in [0.3, 0.4) is 0 Å². The molecule has 2 N–H and O–H groups in total. The number of halogens is 1. The van der Waals surface area contributed by atoms with Crippen LogP contribution in [0.15, 0.2) is 78.9 Å². The number of carboxylic acids is 1. The second-order valence-electron chi connectivity index (χ2n) is 7.82. The van der Waals surface area contributed by atoms with Crippen LogP contribution in [0.1, 0.15) is 20.7 Å². The number of carbonyl (C=O) groups excluding carboxylic acids is 2. The van der Waals surface area contributed by atoms with E-state index in [1.807, 2.05) is 48.5 Å². The predicted octanol–water partition coefficient (Wildman–Crippen LogP) is 6.26. The van der Waals surface area contributed by atoms with E-state index < -0.39 is 24.5 Å². The van der Waals surface area contributed by atoms with E-state index in [9.17, 15) is 14.4 Å². The number of hydrogen-bond donors (Lipinski definition) is 2. The zero-order chi connectivity index (χ0) is 25.2. The molecule has 4 aromatic carbocycles. The summed E-state index contributed by atoms with van der Waals surface area (Å²) in [5, 5.41) is 14.1. The molecule has 0 bridgehead atoms. The lowest BCUT2D eigenvalue weighted by atomic mass is 9.99. The number of hydrogen-bond acceptors (Lipinski definition) is 6. The lowest BCUT2D eigenvalue weighted by molar-refractivity contribution is -0.119. The standard InChI is InChI=1S/C27H17ClN2O5S/c28-19-12-11-16(26(32)33)13-21(19)29-23(31)14-35-27(34)18-8-4-6-15-5-3-7-17(24(15)18)25-30-20-9-1-2-10-22(20)36-25/h1-13H,14H2,(H,29,31)(H,32,33). The third-order valence-electron chi connectivity index (χ3n) is 5.47. The van der Waals surface area contributed by atoms with Gasteiger partial charge >= 0.3 is 11.9 Å². The fourth-order valence-electron chi connectivity index (χ4n) is 3.83. The van der Waals surface area contributed by atoms with E-state index in [-0.39, 0.29) is 16.3 Å². The Morgan fingerprint density at radius 1 is 0.972 bits per heavy atom. The number of carboxylic acid groups (broad SMARTS) is 1. The predicted molar refractivity (Wildman–Crippen MR) is 140 cm³/mol. The summed E-state index contributed by atoms with van der Waals surface area (Å²) in [4.78, 5) is 41.4. The second-order valence-corrected chi connectivity index (χ2v) is 9.26. The first-order valence-corrected chi connectivity index (χ1v) is 12.0. The smallest absolute Gasteiger partial charge is 0.339 e. The number of aromatic carboxylic acids is 1. The molecule has 36 heavy (non-hydrogen) atoms. The molecule has 0 saturated carbocycles. The minimum atomic E-state index is -1.16. The molecule has 1 heterocycles. The minimum Gasteiger partial charge on any atom is -0.478 e. The lowest BCUT2D eigenvalue weighted by Gasteiger charge is -2.11. The van der Waals surface area contributed by atoms with Crippen LogP contribution < -0.4 is 5.32 Å². The molecule has 0 aliphatic carbocycles. The number of rotatable bonds is 6. The number of ether oxygens (including phenoxy) is 1. The molecule has 0 atom stereocenters. The van der Waals surface area contributed by atoms with E-state index in [0.717, 1.165) is 26.2 Å². The summed E-state index contributed by atoms with van der Waals surface area (Å²) in [7, 11) is 0. The van der Waals surface area contributed by atoms with Gasteiger partial charge in [-0.15, -0.1) is 11.3 Å². The minimum absolute atomic E-state index is 0.0372. The van der Waals surface area contributed by atoms with E-state index in [1.54, 1.807) is 12.1 Å². The quantitative estimate of drug-likeness (QED) is 0.258. The summed E-state index contributed by atoms with van der Waals surface area (Å²) in [6.45, 7) is -0.577. The summed E-state index contributed by atoms with van der Waals surface area (Å²) in [6, 6.07) is 22.7. The van der Waals surface area contributed by atoms with Gasteiger partial charge in [0.15, 0.2) is 6.61 Å². The highest BCUT2D eigenvalue weighted by Crippen LogP contribution is 2.36. The fourth-order valence-corrected chi connectivity index (χ4v) is 4.99. The average Bonchev–Trinajstić information content (AvgIpc) is 3.32. The Balaban J connectivity index is 1.40. The highest BCUT2D eigenvalue weighted by molar-refractivity contribution is 7.21. The van der Waals surface area contributed by atoms with Gasteiger partial charge in [-0.2, -0.15) is 0 Å². The van der Waals surface area contributed by atoms with Gasteiger partial charge in [-0.25, -0.2) is 14.6 Å². The third-order valence-corrected chi connectivity index (χ3v) is 6.87. The molecule has 5 rings (SSSR count). The number of benzene rings is 4. The van der Waals surface area contributed by atoms with E-state index in [0.29, 0.717) is 10.9 Å². The zero-order valence-corrected chi connectivity index (χ0v) is 20.1. The topological polar surface area (TPSA) is 106 Å². The Kier molecular flexibility index (Phi) is 6.37. The number of carbonyl (C=O) groups is 3. The molecule has 1 aromatic heterocycles. The number of nitrogens with zero attached hydrogens (tertiary/aromatic N) is 1. The van der Waals surface area contributed by atoms with Crippen LogP contribution >= 0.6 is 22.9 Å². The Morgan fingerprint density at radius 3 is 2.53 bits per heavy atom. The molecule has 0 radical (unpaired) electrons. The zero-order valence-electron chi connectivity index (χ0n) is 18.5. The maximum atomic E-state index is 13.1. The molecule has 7 nitrogen and oxygen atoms in total. The summed E-state index contributed by atoms with van der Waals surface area (Å²) in [5.74, 6) is -2.48. The van der Waals surface area contributed by atoms with Crippen LogP contribution in [0.4, 0.5) is 5.69 Å². The second kappa shape index (κ2) is 9.77. The van der Waals surface area contributed by atoms with Crippen molar-refractivity contribution in [3.63, 3.8) is 0 Å². The summed E-state index contributed by atoms with van der Waals surface area (Å²) in [6.07, 6.45) is 0. The molecule has 0 aliphatic rings. The number of para-hydroxylation sites is 1. The summed E-state index contributed by atoms with van der Waals surface area (Å²) < 4.78 is 6.34.